The molecule has 0 aliphatic carbocycles. The smallest absolute Gasteiger partial charge is 0.243 e. The molecular formula is C31H37BrN2O4. The van der Waals surface area contributed by atoms with Gasteiger partial charge in [-0.2, -0.15) is 0 Å². The zero-order chi connectivity index (χ0) is 27.5. The quantitative estimate of drug-likeness (QED) is 0.260. The minimum Gasteiger partial charge on any atom is -0.497 e. The standard InChI is InChI=1S/C31H37BrN2O4/c1-31(2,3)33-30(36)28(21-23-10-6-5-7-11-23)34(22-24-12-8-13-25(32)20-24)29(35)14-9-19-38-27-17-15-26(37-4)16-18-27/h5-8,10-13,15-18,20,28H,9,14,19,21-22H2,1-4H3,(H,33,36)/t28-/m0/s1. The van der Waals surface area contributed by atoms with Crippen LogP contribution in [0.4, 0.5) is 0 Å². The van der Waals surface area contributed by atoms with Gasteiger partial charge in [0.2, 0.25) is 11.8 Å². The van der Waals surface area contributed by atoms with Crippen LogP contribution in [0.2, 0.25) is 0 Å². The highest BCUT2D eigenvalue weighted by Gasteiger charge is 2.32. The van der Waals surface area contributed by atoms with Crippen molar-refractivity contribution in [1.29, 1.82) is 0 Å². The minimum atomic E-state index is -0.661. The van der Waals surface area contributed by atoms with Crippen LogP contribution in [-0.4, -0.2) is 42.0 Å². The number of amides is 2. The van der Waals surface area contributed by atoms with Gasteiger partial charge >= 0.3 is 0 Å². The molecule has 3 aromatic rings. The summed E-state index contributed by atoms with van der Waals surface area (Å²) in [7, 11) is 1.62. The van der Waals surface area contributed by atoms with Crippen molar-refractivity contribution >= 4 is 27.7 Å². The van der Waals surface area contributed by atoms with Gasteiger partial charge < -0.3 is 19.7 Å². The molecule has 0 aliphatic heterocycles. The third kappa shape index (κ3) is 9.53. The molecule has 0 radical (unpaired) electrons. The highest BCUT2D eigenvalue weighted by atomic mass is 79.9. The Kier molecular flexibility index (Phi) is 10.8. The number of halogens is 1. The number of ether oxygens (including phenoxy) is 2. The number of carbonyl (C=O) groups excluding carboxylic acids is 2. The number of benzene rings is 3. The largest absolute Gasteiger partial charge is 0.497 e. The highest BCUT2D eigenvalue weighted by molar-refractivity contribution is 9.10. The molecule has 0 fully saturated rings. The van der Waals surface area contributed by atoms with E-state index < -0.39 is 11.6 Å². The first-order valence-electron chi connectivity index (χ1n) is 12.8. The van der Waals surface area contributed by atoms with Gasteiger partial charge in [0.05, 0.1) is 13.7 Å². The Bertz CT molecular complexity index is 1180. The maximum absolute atomic E-state index is 13.7. The zero-order valence-corrected chi connectivity index (χ0v) is 24.2. The van der Waals surface area contributed by atoms with E-state index in [2.05, 4.69) is 21.2 Å². The van der Waals surface area contributed by atoms with E-state index >= 15 is 0 Å². The predicted octanol–water partition coefficient (Wildman–Crippen LogP) is 6.17. The number of rotatable bonds is 12. The second kappa shape index (κ2) is 14.0. The first-order chi connectivity index (χ1) is 18.1. The van der Waals surface area contributed by atoms with Crippen molar-refractivity contribution in [3.05, 3.63) is 94.5 Å². The third-order valence-corrected chi connectivity index (χ3v) is 6.37. The molecule has 1 atom stereocenters. The van der Waals surface area contributed by atoms with Crippen LogP contribution in [0, 0.1) is 0 Å². The molecule has 202 valence electrons. The van der Waals surface area contributed by atoms with Gasteiger partial charge in [-0.25, -0.2) is 0 Å². The van der Waals surface area contributed by atoms with Gasteiger partial charge in [0.15, 0.2) is 0 Å². The van der Waals surface area contributed by atoms with Crippen LogP contribution in [0.15, 0.2) is 83.3 Å². The molecule has 0 saturated heterocycles. The van der Waals surface area contributed by atoms with Crippen LogP contribution in [0.5, 0.6) is 11.5 Å². The number of nitrogens with zero attached hydrogens (tertiary/aromatic N) is 1. The summed E-state index contributed by atoms with van der Waals surface area (Å²) in [4.78, 5) is 29.0. The Morgan fingerprint density at radius 2 is 1.58 bits per heavy atom. The van der Waals surface area contributed by atoms with Crippen molar-refractivity contribution in [3.8, 4) is 11.5 Å². The zero-order valence-electron chi connectivity index (χ0n) is 22.6. The molecule has 0 aromatic heterocycles. The fraction of sp³-hybridized carbons (Fsp3) is 0.355. The van der Waals surface area contributed by atoms with E-state index in [1.807, 2.05) is 99.6 Å². The molecule has 0 aliphatic rings. The second-order valence-corrected chi connectivity index (χ2v) is 11.1. The van der Waals surface area contributed by atoms with E-state index in [1.54, 1.807) is 12.0 Å². The normalized spacial score (nSPS) is 11.9. The van der Waals surface area contributed by atoms with Crippen LogP contribution in [0.3, 0.4) is 0 Å². The molecule has 0 spiro atoms. The molecule has 0 saturated carbocycles. The second-order valence-electron chi connectivity index (χ2n) is 10.2. The van der Waals surface area contributed by atoms with Gasteiger partial charge in [0.25, 0.3) is 0 Å². The summed E-state index contributed by atoms with van der Waals surface area (Å²) in [6.45, 7) is 6.55. The van der Waals surface area contributed by atoms with Crippen molar-refractivity contribution < 1.29 is 19.1 Å². The molecule has 38 heavy (non-hydrogen) atoms. The Labute approximate surface area is 234 Å². The van der Waals surface area contributed by atoms with E-state index in [-0.39, 0.29) is 18.2 Å². The molecule has 1 N–H and O–H groups in total. The van der Waals surface area contributed by atoms with Gasteiger partial charge in [-0.05, 0) is 74.7 Å². The van der Waals surface area contributed by atoms with Crippen molar-refractivity contribution in [3.63, 3.8) is 0 Å². The summed E-state index contributed by atoms with van der Waals surface area (Å²) in [6.07, 6.45) is 1.21. The van der Waals surface area contributed by atoms with Crippen LogP contribution in [-0.2, 0) is 22.6 Å². The van der Waals surface area contributed by atoms with Crippen LogP contribution < -0.4 is 14.8 Å². The van der Waals surface area contributed by atoms with Crippen molar-refractivity contribution in [2.75, 3.05) is 13.7 Å². The SMILES string of the molecule is COc1ccc(OCCCC(=O)N(Cc2cccc(Br)c2)[C@@H](Cc2ccccc2)C(=O)NC(C)(C)C)cc1. The summed E-state index contributed by atoms with van der Waals surface area (Å²) < 4.78 is 11.9. The lowest BCUT2D eigenvalue weighted by Gasteiger charge is -2.34. The summed E-state index contributed by atoms with van der Waals surface area (Å²) >= 11 is 3.52. The molecule has 0 heterocycles. The molecule has 0 unspecified atom stereocenters. The van der Waals surface area contributed by atoms with E-state index in [0.29, 0.717) is 26.0 Å². The van der Waals surface area contributed by atoms with Crippen molar-refractivity contribution in [2.45, 2.75) is 58.2 Å². The molecule has 7 heteroatoms. The van der Waals surface area contributed by atoms with E-state index in [0.717, 1.165) is 27.1 Å². The number of hydrogen-bond donors (Lipinski definition) is 1. The van der Waals surface area contributed by atoms with Crippen molar-refractivity contribution in [2.24, 2.45) is 0 Å². The van der Waals surface area contributed by atoms with Gasteiger partial charge in [-0.1, -0.05) is 58.4 Å². The molecule has 3 rings (SSSR count). The van der Waals surface area contributed by atoms with Gasteiger partial charge in [-0.3, -0.25) is 9.59 Å². The van der Waals surface area contributed by atoms with E-state index in [1.165, 1.54) is 0 Å². The maximum Gasteiger partial charge on any atom is 0.243 e. The lowest BCUT2D eigenvalue weighted by molar-refractivity contribution is -0.142. The maximum atomic E-state index is 13.7. The molecule has 6 nitrogen and oxygen atoms in total. The van der Waals surface area contributed by atoms with Gasteiger partial charge in [-0.15, -0.1) is 0 Å². The molecule has 0 bridgehead atoms. The van der Waals surface area contributed by atoms with E-state index in [9.17, 15) is 9.59 Å². The summed E-state index contributed by atoms with van der Waals surface area (Å²) in [5.41, 5.74) is 1.52. The highest BCUT2D eigenvalue weighted by Crippen LogP contribution is 2.20. The monoisotopic (exact) mass is 580 g/mol. The first kappa shape index (κ1) is 29.2. The fourth-order valence-electron chi connectivity index (χ4n) is 4.07. The molecule has 3 aromatic carbocycles. The third-order valence-electron chi connectivity index (χ3n) is 5.87. The van der Waals surface area contributed by atoms with Gasteiger partial charge in [0.1, 0.15) is 17.5 Å². The van der Waals surface area contributed by atoms with Crippen LogP contribution in [0.25, 0.3) is 0 Å². The lowest BCUT2D eigenvalue weighted by atomic mass is 10.00. The first-order valence-corrected chi connectivity index (χ1v) is 13.6. The Balaban J connectivity index is 1.79. The average molecular weight is 582 g/mol. The predicted molar refractivity (Wildman–Crippen MR) is 154 cm³/mol. The van der Waals surface area contributed by atoms with Crippen molar-refractivity contribution in [1.82, 2.24) is 10.2 Å². The van der Waals surface area contributed by atoms with Crippen LogP contribution in [0.1, 0.15) is 44.7 Å². The molecule has 2 amide bonds. The summed E-state index contributed by atoms with van der Waals surface area (Å²) in [6, 6.07) is 24.3. The lowest BCUT2D eigenvalue weighted by Crippen LogP contribution is -2.54. The number of methoxy groups -OCH3 is 1. The fourth-order valence-corrected chi connectivity index (χ4v) is 4.51. The number of hydrogen-bond acceptors (Lipinski definition) is 4. The Morgan fingerprint density at radius 3 is 2.21 bits per heavy atom. The minimum absolute atomic E-state index is 0.0895. The Morgan fingerprint density at radius 1 is 0.921 bits per heavy atom. The summed E-state index contributed by atoms with van der Waals surface area (Å²) in [5, 5.41) is 3.09. The molecular weight excluding hydrogens is 544 g/mol. The average Bonchev–Trinajstić information content (AvgIpc) is 2.88. The summed E-state index contributed by atoms with van der Waals surface area (Å²) in [5.74, 6) is 1.22. The van der Waals surface area contributed by atoms with Crippen LogP contribution >= 0.6 is 15.9 Å². The van der Waals surface area contributed by atoms with Gasteiger partial charge in [0, 0.05) is 29.4 Å². The number of carbonyl (C=O) groups is 2. The Hall–Kier alpha value is -3.32. The van der Waals surface area contributed by atoms with E-state index in [4.69, 9.17) is 9.47 Å². The topological polar surface area (TPSA) is 67.9 Å². The number of nitrogens with one attached hydrogen (secondary N) is 1.